The maximum atomic E-state index is 12.1. The lowest BCUT2D eigenvalue weighted by Crippen LogP contribution is -2.30. The summed E-state index contributed by atoms with van der Waals surface area (Å²) in [6, 6.07) is 6.93. The highest BCUT2D eigenvalue weighted by atomic mass is 16.8. The molecule has 0 aliphatic carbocycles. The van der Waals surface area contributed by atoms with Crippen LogP contribution in [0.15, 0.2) is 36.7 Å². The Morgan fingerprint density at radius 1 is 1.07 bits per heavy atom. The van der Waals surface area contributed by atoms with E-state index in [0.29, 0.717) is 18.0 Å². The third-order valence-electron chi connectivity index (χ3n) is 4.45. The topological polar surface area (TPSA) is 96.8 Å². The number of nitrogens with zero attached hydrogens (tertiary/aromatic N) is 2. The smallest absolute Gasteiger partial charge is 0.343 e. The Morgan fingerprint density at radius 3 is 2.37 bits per heavy atom. The molecule has 1 aromatic heterocycles. The van der Waals surface area contributed by atoms with E-state index in [2.05, 4.69) is 16.9 Å². The summed E-state index contributed by atoms with van der Waals surface area (Å²) < 4.78 is 21.4. The van der Waals surface area contributed by atoms with Gasteiger partial charge in [0, 0.05) is 12.0 Å². The van der Waals surface area contributed by atoms with Crippen molar-refractivity contribution in [3.8, 4) is 22.9 Å². The molecular formula is C22H26N2O6. The molecule has 160 valence electrons. The second kappa shape index (κ2) is 9.77. The minimum Gasteiger partial charge on any atom is -0.427 e. The van der Waals surface area contributed by atoms with Gasteiger partial charge in [0.15, 0.2) is 23.5 Å². The van der Waals surface area contributed by atoms with E-state index in [0.717, 1.165) is 24.8 Å². The minimum atomic E-state index is -0.806. The van der Waals surface area contributed by atoms with E-state index in [4.69, 9.17) is 18.9 Å². The standard InChI is InChI=1S/C22H26N2O6/c1-4-5-6-7-19(25)28-16-10-8-15(9-11-16)20-23-12-17(13-24-20)29-21(26)18-14-27-22(2,3)30-18/h8-13,18H,4-7,14H2,1-3H3. The Hall–Kier alpha value is -2.84. The van der Waals surface area contributed by atoms with E-state index >= 15 is 0 Å². The van der Waals surface area contributed by atoms with Crippen molar-refractivity contribution in [2.24, 2.45) is 0 Å². The maximum absolute atomic E-state index is 12.1. The maximum Gasteiger partial charge on any atom is 0.343 e. The third kappa shape index (κ3) is 6.08. The summed E-state index contributed by atoms with van der Waals surface area (Å²) in [5.74, 6) is -0.444. The van der Waals surface area contributed by atoms with Crippen LogP contribution in [-0.4, -0.2) is 40.4 Å². The van der Waals surface area contributed by atoms with Gasteiger partial charge in [-0.2, -0.15) is 0 Å². The summed E-state index contributed by atoms with van der Waals surface area (Å²) in [6.07, 6.45) is 5.37. The van der Waals surface area contributed by atoms with Crippen LogP contribution in [0.4, 0.5) is 0 Å². The largest absolute Gasteiger partial charge is 0.427 e. The minimum absolute atomic E-state index is 0.139. The Bertz CT molecular complexity index is 864. The molecule has 30 heavy (non-hydrogen) atoms. The lowest BCUT2D eigenvalue weighted by atomic mass is 10.2. The average molecular weight is 414 g/mol. The Labute approximate surface area is 175 Å². The van der Waals surface area contributed by atoms with E-state index < -0.39 is 17.9 Å². The van der Waals surface area contributed by atoms with Gasteiger partial charge in [-0.25, -0.2) is 14.8 Å². The van der Waals surface area contributed by atoms with Crippen molar-refractivity contribution >= 4 is 11.9 Å². The van der Waals surface area contributed by atoms with Crippen LogP contribution in [0.2, 0.25) is 0 Å². The number of carbonyl (C=O) groups excluding carboxylic acids is 2. The zero-order chi connectivity index (χ0) is 21.6. The van der Waals surface area contributed by atoms with Gasteiger partial charge in [-0.1, -0.05) is 19.8 Å². The van der Waals surface area contributed by atoms with Crippen LogP contribution in [0.3, 0.4) is 0 Å². The predicted octanol–water partition coefficient (Wildman–Crippen LogP) is 3.69. The Morgan fingerprint density at radius 2 is 1.77 bits per heavy atom. The van der Waals surface area contributed by atoms with Gasteiger partial charge in [0.2, 0.25) is 0 Å². The monoisotopic (exact) mass is 414 g/mol. The molecule has 0 saturated carbocycles. The van der Waals surface area contributed by atoms with Crippen LogP contribution in [0.1, 0.15) is 46.5 Å². The highest BCUT2D eigenvalue weighted by Crippen LogP contribution is 2.24. The lowest BCUT2D eigenvalue weighted by molar-refractivity contribution is -0.162. The van der Waals surface area contributed by atoms with Crippen molar-refractivity contribution in [3.63, 3.8) is 0 Å². The average Bonchev–Trinajstić information content (AvgIpc) is 3.09. The second-order valence-corrected chi connectivity index (χ2v) is 7.44. The number of ether oxygens (including phenoxy) is 4. The number of hydrogen-bond acceptors (Lipinski definition) is 8. The van der Waals surface area contributed by atoms with Gasteiger partial charge in [-0.15, -0.1) is 0 Å². The summed E-state index contributed by atoms with van der Waals surface area (Å²) in [6.45, 7) is 5.69. The van der Waals surface area contributed by atoms with E-state index in [9.17, 15) is 9.59 Å². The molecule has 0 radical (unpaired) electrons. The third-order valence-corrected chi connectivity index (χ3v) is 4.45. The number of benzene rings is 1. The molecule has 1 saturated heterocycles. The summed E-state index contributed by atoms with van der Waals surface area (Å²) >= 11 is 0. The number of aromatic nitrogens is 2. The van der Waals surface area contributed by atoms with Crippen LogP contribution in [0, 0.1) is 0 Å². The lowest BCUT2D eigenvalue weighted by Gasteiger charge is -2.16. The van der Waals surface area contributed by atoms with E-state index in [1.54, 1.807) is 38.1 Å². The molecule has 0 spiro atoms. The Balaban J connectivity index is 1.54. The molecule has 1 unspecified atom stereocenters. The number of esters is 2. The van der Waals surface area contributed by atoms with Crippen molar-refractivity contribution in [2.45, 2.75) is 58.3 Å². The zero-order valence-electron chi connectivity index (χ0n) is 17.4. The molecule has 3 rings (SSSR count). The molecule has 1 fully saturated rings. The molecule has 0 bridgehead atoms. The first-order valence-electron chi connectivity index (χ1n) is 10.0. The predicted molar refractivity (Wildman–Crippen MR) is 108 cm³/mol. The van der Waals surface area contributed by atoms with Gasteiger partial charge in [0.1, 0.15) is 5.75 Å². The SMILES string of the molecule is CCCCCC(=O)Oc1ccc(-c2ncc(OC(=O)C3COC(C)(C)O3)cn2)cc1. The van der Waals surface area contributed by atoms with Crippen molar-refractivity contribution in [2.75, 3.05) is 6.61 Å². The molecule has 8 heteroatoms. The number of rotatable bonds is 8. The first kappa shape index (κ1) is 21.9. The summed E-state index contributed by atoms with van der Waals surface area (Å²) in [7, 11) is 0. The van der Waals surface area contributed by atoms with E-state index in [-0.39, 0.29) is 18.3 Å². The van der Waals surface area contributed by atoms with Gasteiger partial charge in [-0.3, -0.25) is 4.79 Å². The number of carbonyl (C=O) groups is 2. The molecular weight excluding hydrogens is 388 g/mol. The van der Waals surface area contributed by atoms with Crippen LogP contribution in [0.25, 0.3) is 11.4 Å². The fraction of sp³-hybridized carbons (Fsp3) is 0.455. The second-order valence-electron chi connectivity index (χ2n) is 7.44. The fourth-order valence-corrected chi connectivity index (χ4v) is 2.88. The quantitative estimate of drug-likeness (QED) is 0.367. The summed E-state index contributed by atoms with van der Waals surface area (Å²) in [5.41, 5.74) is 0.743. The van der Waals surface area contributed by atoms with Gasteiger partial charge in [0.25, 0.3) is 0 Å². The van der Waals surface area contributed by atoms with E-state index in [1.807, 2.05) is 0 Å². The van der Waals surface area contributed by atoms with Gasteiger partial charge in [-0.05, 0) is 44.5 Å². The molecule has 2 heterocycles. The highest BCUT2D eigenvalue weighted by Gasteiger charge is 2.38. The Kier molecular flexibility index (Phi) is 7.12. The molecule has 0 amide bonds. The number of hydrogen-bond donors (Lipinski definition) is 0. The van der Waals surface area contributed by atoms with E-state index in [1.165, 1.54) is 12.4 Å². The van der Waals surface area contributed by atoms with Crippen molar-refractivity contribution in [1.29, 1.82) is 0 Å². The molecule has 0 N–H and O–H groups in total. The van der Waals surface area contributed by atoms with Crippen molar-refractivity contribution < 1.29 is 28.5 Å². The first-order chi connectivity index (χ1) is 14.4. The van der Waals surface area contributed by atoms with Crippen LogP contribution in [-0.2, 0) is 19.1 Å². The summed E-state index contributed by atoms with van der Waals surface area (Å²) in [4.78, 5) is 32.4. The van der Waals surface area contributed by atoms with Gasteiger partial charge in [0.05, 0.1) is 19.0 Å². The van der Waals surface area contributed by atoms with Crippen molar-refractivity contribution in [3.05, 3.63) is 36.7 Å². The fourth-order valence-electron chi connectivity index (χ4n) is 2.88. The van der Waals surface area contributed by atoms with Crippen LogP contribution < -0.4 is 9.47 Å². The van der Waals surface area contributed by atoms with Gasteiger partial charge >= 0.3 is 11.9 Å². The van der Waals surface area contributed by atoms with Gasteiger partial charge < -0.3 is 18.9 Å². The van der Waals surface area contributed by atoms with Crippen LogP contribution in [0.5, 0.6) is 11.5 Å². The number of unbranched alkanes of at least 4 members (excludes halogenated alkanes) is 2. The molecule has 1 atom stereocenters. The van der Waals surface area contributed by atoms with Crippen LogP contribution >= 0.6 is 0 Å². The molecule has 1 aromatic carbocycles. The zero-order valence-corrected chi connectivity index (χ0v) is 17.4. The van der Waals surface area contributed by atoms with Crippen molar-refractivity contribution in [1.82, 2.24) is 9.97 Å². The summed E-state index contributed by atoms with van der Waals surface area (Å²) in [5, 5.41) is 0. The molecule has 8 nitrogen and oxygen atoms in total. The first-order valence-corrected chi connectivity index (χ1v) is 10.0. The highest BCUT2D eigenvalue weighted by molar-refractivity contribution is 5.77. The molecule has 1 aliphatic rings. The molecule has 1 aliphatic heterocycles. The molecule has 2 aromatic rings. The normalized spacial score (nSPS) is 17.5.